The van der Waals surface area contributed by atoms with Crippen LogP contribution in [0.2, 0.25) is 0 Å². The van der Waals surface area contributed by atoms with Gasteiger partial charge >= 0.3 is 0 Å². The van der Waals surface area contributed by atoms with E-state index in [0.29, 0.717) is 12.3 Å². The van der Waals surface area contributed by atoms with Gasteiger partial charge in [-0.3, -0.25) is 9.48 Å². The van der Waals surface area contributed by atoms with E-state index in [0.717, 1.165) is 17.0 Å². The fourth-order valence-electron chi connectivity index (χ4n) is 2.26. The van der Waals surface area contributed by atoms with Gasteiger partial charge in [0.15, 0.2) is 5.76 Å². The molecule has 124 valence electrons. The second kappa shape index (κ2) is 7.04. The smallest absolute Gasteiger partial charge is 0.287 e. The number of amides is 1. The minimum atomic E-state index is -0.275. The largest absolute Gasteiger partial charge is 0.485 e. The molecule has 6 nitrogen and oxygen atoms in total. The summed E-state index contributed by atoms with van der Waals surface area (Å²) in [5, 5.41) is 6.98. The van der Waals surface area contributed by atoms with Crippen molar-refractivity contribution in [1.82, 2.24) is 15.1 Å². The van der Waals surface area contributed by atoms with Gasteiger partial charge in [0.25, 0.3) is 5.91 Å². The maximum atomic E-state index is 12.1. The summed E-state index contributed by atoms with van der Waals surface area (Å²) in [5.74, 6) is 1.38. The zero-order valence-corrected chi connectivity index (χ0v) is 13.7. The van der Waals surface area contributed by atoms with Crippen LogP contribution < -0.4 is 10.1 Å². The highest BCUT2D eigenvalue weighted by Crippen LogP contribution is 2.18. The lowest BCUT2D eigenvalue weighted by molar-refractivity contribution is 0.0918. The van der Waals surface area contributed by atoms with Gasteiger partial charge in [-0.2, -0.15) is 5.10 Å². The molecular weight excluding hydrogens is 306 g/mol. The molecule has 1 amide bonds. The van der Waals surface area contributed by atoms with Crippen LogP contribution >= 0.6 is 0 Å². The number of furan rings is 1. The van der Waals surface area contributed by atoms with Gasteiger partial charge in [-0.1, -0.05) is 18.2 Å². The Bertz CT molecular complexity index is 835. The second-order valence-electron chi connectivity index (χ2n) is 5.48. The lowest BCUT2D eigenvalue weighted by Gasteiger charge is -2.06. The topological polar surface area (TPSA) is 69.3 Å². The normalized spacial score (nSPS) is 10.6. The number of nitrogens with zero attached hydrogens (tertiary/aromatic N) is 2. The van der Waals surface area contributed by atoms with E-state index in [9.17, 15) is 4.79 Å². The summed E-state index contributed by atoms with van der Waals surface area (Å²) in [6, 6.07) is 13.0. The molecule has 3 rings (SSSR count). The maximum Gasteiger partial charge on any atom is 0.287 e. The number of rotatable bonds is 6. The number of carbonyl (C=O) groups excluding carboxylic acids is 1. The Morgan fingerprint density at radius 3 is 2.83 bits per heavy atom. The zero-order chi connectivity index (χ0) is 16.9. The van der Waals surface area contributed by atoms with Crippen LogP contribution in [0.15, 0.2) is 53.1 Å². The van der Waals surface area contributed by atoms with Crippen molar-refractivity contribution < 1.29 is 13.9 Å². The molecule has 2 heterocycles. The minimum Gasteiger partial charge on any atom is -0.485 e. The zero-order valence-electron chi connectivity index (χ0n) is 13.7. The molecule has 0 aliphatic heterocycles. The van der Waals surface area contributed by atoms with Crippen LogP contribution in [0, 0.1) is 6.92 Å². The third-order valence-corrected chi connectivity index (χ3v) is 3.55. The number of hydrogen-bond donors (Lipinski definition) is 1. The predicted octanol–water partition coefficient (Wildman–Crippen LogP) is 2.83. The molecule has 0 atom stereocenters. The van der Waals surface area contributed by atoms with Crippen LogP contribution in [0.5, 0.6) is 5.75 Å². The Kier molecular flexibility index (Phi) is 4.65. The number of benzene rings is 1. The van der Waals surface area contributed by atoms with Crippen molar-refractivity contribution in [2.45, 2.75) is 20.1 Å². The van der Waals surface area contributed by atoms with Gasteiger partial charge < -0.3 is 14.5 Å². The highest BCUT2D eigenvalue weighted by molar-refractivity contribution is 5.91. The van der Waals surface area contributed by atoms with E-state index >= 15 is 0 Å². The first kappa shape index (κ1) is 15.9. The summed E-state index contributed by atoms with van der Waals surface area (Å²) in [4.78, 5) is 12.1. The summed E-state index contributed by atoms with van der Waals surface area (Å²) in [6.45, 7) is 2.61. The van der Waals surface area contributed by atoms with Crippen LogP contribution in [-0.2, 0) is 20.2 Å². The number of para-hydroxylation sites is 1. The highest BCUT2D eigenvalue weighted by Gasteiger charge is 2.12. The quantitative estimate of drug-likeness (QED) is 0.756. The highest BCUT2D eigenvalue weighted by atomic mass is 16.5. The molecule has 0 unspecified atom stereocenters. The van der Waals surface area contributed by atoms with Crippen LogP contribution in [-0.4, -0.2) is 15.7 Å². The maximum absolute atomic E-state index is 12.1. The number of aryl methyl sites for hydroxylation is 2. The van der Waals surface area contributed by atoms with Crippen molar-refractivity contribution in [2.24, 2.45) is 7.05 Å². The molecule has 1 aromatic carbocycles. The number of nitrogens with one attached hydrogen (secondary N) is 1. The second-order valence-corrected chi connectivity index (χ2v) is 5.48. The number of carbonyl (C=O) groups is 1. The van der Waals surface area contributed by atoms with Crippen molar-refractivity contribution in [3.05, 3.63) is 71.4 Å². The Labute approximate surface area is 140 Å². The summed E-state index contributed by atoms with van der Waals surface area (Å²) in [5.41, 5.74) is 1.85. The van der Waals surface area contributed by atoms with Gasteiger partial charge in [-0.25, -0.2) is 0 Å². The summed E-state index contributed by atoms with van der Waals surface area (Å²) < 4.78 is 12.9. The molecule has 0 saturated carbocycles. The monoisotopic (exact) mass is 325 g/mol. The Morgan fingerprint density at radius 2 is 2.08 bits per heavy atom. The molecule has 0 bridgehead atoms. The van der Waals surface area contributed by atoms with E-state index in [1.54, 1.807) is 16.8 Å². The average molecular weight is 325 g/mol. The van der Waals surface area contributed by atoms with Gasteiger partial charge in [0, 0.05) is 13.2 Å². The molecule has 0 aliphatic rings. The van der Waals surface area contributed by atoms with Crippen LogP contribution in [0.4, 0.5) is 0 Å². The fourth-order valence-corrected chi connectivity index (χ4v) is 2.26. The van der Waals surface area contributed by atoms with Crippen molar-refractivity contribution in [2.75, 3.05) is 0 Å². The van der Waals surface area contributed by atoms with Crippen LogP contribution in [0.3, 0.4) is 0 Å². The van der Waals surface area contributed by atoms with Crippen molar-refractivity contribution >= 4 is 5.91 Å². The molecule has 24 heavy (non-hydrogen) atoms. The van der Waals surface area contributed by atoms with Gasteiger partial charge in [-0.05, 0) is 36.8 Å². The lowest BCUT2D eigenvalue weighted by atomic mass is 10.2. The Balaban J connectivity index is 1.54. The minimum absolute atomic E-state index is 0.259. The average Bonchev–Trinajstić information content (AvgIpc) is 3.21. The third kappa shape index (κ3) is 3.84. The third-order valence-electron chi connectivity index (χ3n) is 3.55. The molecular formula is C18H19N3O3. The SMILES string of the molecule is Cc1ccccc1OCc1ccc(C(=O)NCc2ccn(C)n2)o1. The first-order chi connectivity index (χ1) is 11.6. The van der Waals surface area contributed by atoms with Crippen LogP contribution in [0.25, 0.3) is 0 Å². The predicted molar refractivity (Wildman–Crippen MR) is 88.6 cm³/mol. The van der Waals surface area contributed by atoms with E-state index in [1.165, 1.54) is 0 Å². The first-order valence-corrected chi connectivity index (χ1v) is 7.65. The molecule has 2 aromatic heterocycles. The molecule has 0 aliphatic carbocycles. The molecule has 0 saturated heterocycles. The summed E-state index contributed by atoms with van der Waals surface area (Å²) in [7, 11) is 1.83. The number of hydrogen-bond acceptors (Lipinski definition) is 4. The van der Waals surface area contributed by atoms with Crippen molar-refractivity contribution in [1.29, 1.82) is 0 Å². The van der Waals surface area contributed by atoms with Gasteiger partial charge in [0.05, 0.1) is 12.2 Å². The van der Waals surface area contributed by atoms with Crippen molar-refractivity contribution in [3.8, 4) is 5.75 Å². The van der Waals surface area contributed by atoms with Crippen LogP contribution in [0.1, 0.15) is 27.6 Å². The van der Waals surface area contributed by atoms with E-state index < -0.39 is 0 Å². The molecule has 0 fully saturated rings. The molecule has 0 radical (unpaired) electrons. The van der Waals surface area contributed by atoms with Crippen molar-refractivity contribution in [3.63, 3.8) is 0 Å². The van der Waals surface area contributed by atoms with E-state index in [1.807, 2.05) is 50.5 Å². The lowest BCUT2D eigenvalue weighted by Crippen LogP contribution is -2.22. The summed E-state index contributed by atoms with van der Waals surface area (Å²) in [6.07, 6.45) is 1.83. The number of ether oxygens (including phenoxy) is 1. The van der Waals surface area contributed by atoms with Gasteiger partial charge in [0.1, 0.15) is 18.1 Å². The Hall–Kier alpha value is -3.02. The van der Waals surface area contributed by atoms with Gasteiger partial charge in [0.2, 0.25) is 0 Å². The van der Waals surface area contributed by atoms with Gasteiger partial charge in [-0.15, -0.1) is 0 Å². The molecule has 6 heteroatoms. The first-order valence-electron chi connectivity index (χ1n) is 7.65. The fraction of sp³-hybridized carbons (Fsp3) is 0.222. The van der Waals surface area contributed by atoms with E-state index in [-0.39, 0.29) is 18.3 Å². The molecule has 0 spiro atoms. The number of aromatic nitrogens is 2. The van der Waals surface area contributed by atoms with E-state index in [2.05, 4.69) is 10.4 Å². The standard InChI is InChI=1S/C18H19N3O3/c1-13-5-3-4-6-16(13)23-12-15-7-8-17(24-15)18(22)19-11-14-9-10-21(2)20-14/h3-10H,11-12H2,1-2H3,(H,19,22). The summed E-state index contributed by atoms with van der Waals surface area (Å²) >= 11 is 0. The Morgan fingerprint density at radius 1 is 1.25 bits per heavy atom. The van der Waals surface area contributed by atoms with E-state index in [4.69, 9.17) is 9.15 Å². The molecule has 1 N–H and O–H groups in total. The molecule has 3 aromatic rings.